The van der Waals surface area contributed by atoms with Gasteiger partial charge in [-0.1, -0.05) is 55.0 Å². The van der Waals surface area contributed by atoms with Gasteiger partial charge in [-0.25, -0.2) is 17.9 Å². The van der Waals surface area contributed by atoms with E-state index in [1.807, 2.05) is 24.3 Å². The van der Waals surface area contributed by atoms with Crippen molar-refractivity contribution in [2.75, 3.05) is 0 Å². The van der Waals surface area contributed by atoms with Crippen molar-refractivity contribution in [3.05, 3.63) is 70.8 Å². The predicted molar refractivity (Wildman–Crippen MR) is 116 cm³/mol. The van der Waals surface area contributed by atoms with E-state index >= 15 is 0 Å². The highest BCUT2D eigenvalue weighted by Crippen LogP contribution is 2.35. The minimum absolute atomic E-state index is 0.00967. The molecule has 2 atom stereocenters. The Kier molecular flexibility index (Phi) is 6.11. The SMILES string of the molecule is O=C(O)NC1CCc2ccc(CNS(=O)(=O)C3CCC3)cc2C1Cc1ccccc1. The standard InChI is InChI=1S/C23H28N2O4S/c26-23(27)25-22-12-11-18-10-9-17(15-24-30(28,29)19-7-4-8-19)14-20(18)21(22)13-16-5-2-1-3-6-16/h1-3,5-6,9-10,14,19,21-22,24-25H,4,7-8,11-13,15H2,(H,26,27). The van der Waals surface area contributed by atoms with E-state index in [2.05, 4.69) is 34.3 Å². The third kappa shape index (κ3) is 4.68. The molecular weight excluding hydrogens is 400 g/mol. The zero-order valence-electron chi connectivity index (χ0n) is 16.9. The number of fused-ring (bicyclic) bond motifs is 1. The van der Waals surface area contributed by atoms with Gasteiger partial charge in [-0.05, 0) is 54.4 Å². The molecule has 0 radical (unpaired) electrons. The lowest BCUT2D eigenvalue weighted by Gasteiger charge is -2.34. The van der Waals surface area contributed by atoms with Crippen molar-refractivity contribution < 1.29 is 18.3 Å². The third-order valence-corrected chi connectivity index (χ3v) is 8.29. The van der Waals surface area contributed by atoms with Gasteiger partial charge in [-0.15, -0.1) is 0 Å². The van der Waals surface area contributed by atoms with Crippen LogP contribution in [0, 0.1) is 0 Å². The van der Waals surface area contributed by atoms with Gasteiger partial charge >= 0.3 is 6.09 Å². The Morgan fingerprint density at radius 1 is 1.03 bits per heavy atom. The molecule has 30 heavy (non-hydrogen) atoms. The van der Waals surface area contributed by atoms with Crippen molar-refractivity contribution in [2.45, 2.75) is 62.3 Å². The molecule has 1 fully saturated rings. The van der Waals surface area contributed by atoms with E-state index in [4.69, 9.17) is 0 Å². The number of rotatable bonds is 7. The highest BCUT2D eigenvalue weighted by Gasteiger charge is 2.32. The van der Waals surface area contributed by atoms with Crippen LogP contribution >= 0.6 is 0 Å². The largest absolute Gasteiger partial charge is 0.465 e. The lowest BCUT2D eigenvalue weighted by Crippen LogP contribution is -2.42. The summed E-state index contributed by atoms with van der Waals surface area (Å²) in [4.78, 5) is 11.4. The number of nitrogens with one attached hydrogen (secondary N) is 2. The van der Waals surface area contributed by atoms with Crippen LogP contribution in [-0.4, -0.2) is 30.9 Å². The molecule has 0 saturated heterocycles. The molecule has 2 aromatic carbocycles. The van der Waals surface area contributed by atoms with E-state index in [0.717, 1.165) is 55.2 Å². The van der Waals surface area contributed by atoms with Crippen LogP contribution in [0.3, 0.4) is 0 Å². The molecule has 0 heterocycles. The van der Waals surface area contributed by atoms with Crippen LogP contribution < -0.4 is 10.0 Å². The molecular formula is C23H28N2O4S. The summed E-state index contributed by atoms with van der Waals surface area (Å²) in [5.41, 5.74) is 4.39. The summed E-state index contributed by atoms with van der Waals surface area (Å²) in [6, 6.07) is 16.0. The molecule has 0 spiro atoms. The summed E-state index contributed by atoms with van der Waals surface area (Å²) in [6.45, 7) is 0.265. The number of hydrogen-bond acceptors (Lipinski definition) is 3. The molecule has 160 valence electrons. The minimum atomic E-state index is -3.27. The maximum atomic E-state index is 12.4. The Hall–Kier alpha value is -2.38. The molecule has 1 saturated carbocycles. The Bertz CT molecular complexity index is 1000. The second-order valence-corrected chi connectivity index (χ2v) is 10.4. The van der Waals surface area contributed by atoms with Gasteiger partial charge in [-0.3, -0.25) is 0 Å². The average Bonchev–Trinajstić information content (AvgIpc) is 2.67. The van der Waals surface area contributed by atoms with Gasteiger partial charge in [0, 0.05) is 18.5 Å². The first-order chi connectivity index (χ1) is 14.4. The smallest absolute Gasteiger partial charge is 0.404 e. The minimum Gasteiger partial charge on any atom is -0.465 e. The normalized spacial score (nSPS) is 21.5. The van der Waals surface area contributed by atoms with Gasteiger partial charge in [0.15, 0.2) is 0 Å². The summed E-state index contributed by atoms with van der Waals surface area (Å²) in [6.07, 6.45) is 3.73. The van der Waals surface area contributed by atoms with E-state index in [0.29, 0.717) is 0 Å². The van der Waals surface area contributed by atoms with Crippen molar-refractivity contribution >= 4 is 16.1 Å². The summed E-state index contributed by atoms with van der Waals surface area (Å²) in [7, 11) is -3.27. The first-order valence-corrected chi connectivity index (χ1v) is 12.1. The zero-order valence-corrected chi connectivity index (χ0v) is 17.7. The monoisotopic (exact) mass is 428 g/mol. The van der Waals surface area contributed by atoms with E-state index in [1.165, 1.54) is 5.56 Å². The van der Waals surface area contributed by atoms with Crippen LogP contribution in [0.4, 0.5) is 4.79 Å². The number of amides is 1. The Morgan fingerprint density at radius 3 is 2.47 bits per heavy atom. The van der Waals surface area contributed by atoms with Gasteiger partial charge in [0.2, 0.25) is 10.0 Å². The predicted octanol–water partition coefficient (Wildman–Crippen LogP) is 3.57. The van der Waals surface area contributed by atoms with E-state index < -0.39 is 16.1 Å². The molecule has 3 N–H and O–H groups in total. The molecule has 2 unspecified atom stereocenters. The van der Waals surface area contributed by atoms with Crippen LogP contribution in [0.1, 0.15) is 53.9 Å². The number of carbonyl (C=O) groups is 1. The van der Waals surface area contributed by atoms with Crippen LogP contribution in [0.25, 0.3) is 0 Å². The molecule has 0 aromatic heterocycles. The fourth-order valence-corrected chi connectivity index (χ4v) is 6.05. The Labute approximate surface area is 177 Å². The second-order valence-electron chi connectivity index (χ2n) is 8.34. The first-order valence-electron chi connectivity index (χ1n) is 10.6. The fraction of sp³-hybridized carbons (Fsp3) is 0.435. The summed E-state index contributed by atoms with van der Waals surface area (Å²) < 4.78 is 27.5. The van der Waals surface area contributed by atoms with Crippen LogP contribution in [-0.2, 0) is 29.4 Å². The van der Waals surface area contributed by atoms with Gasteiger partial charge < -0.3 is 10.4 Å². The molecule has 6 nitrogen and oxygen atoms in total. The third-order valence-electron chi connectivity index (χ3n) is 6.40. The molecule has 7 heteroatoms. The van der Waals surface area contributed by atoms with E-state index in [1.54, 1.807) is 0 Å². The molecule has 1 amide bonds. The van der Waals surface area contributed by atoms with Crippen LogP contribution in [0.2, 0.25) is 0 Å². The fourth-order valence-electron chi connectivity index (χ4n) is 4.49. The van der Waals surface area contributed by atoms with Gasteiger partial charge in [0.05, 0.1) is 5.25 Å². The number of hydrogen-bond donors (Lipinski definition) is 3. The molecule has 2 aliphatic carbocycles. The van der Waals surface area contributed by atoms with Crippen molar-refractivity contribution in [3.8, 4) is 0 Å². The highest BCUT2D eigenvalue weighted by molar-refractivity contribution is 7.90. The summed E-state index contributed by atoms with van der Waals surface area (Å²) in [5, 5.41) is 11.8. The van der Waals surface area contributed by atoms with Crippen molar-refractivity contribution in [2.24, 2.45) is 0 Å². The number of aryl methyl sites for hydroxylation is 1. The summed E-state index contributed by atoms with van der Waals surface area (Å²) >= 11 is 0. The first kappa shape index (κ1) is 20.9. The highest BCUT2D eigenvalue weighted by atomic mass is 32.2. The molecule has 0 aliphatic heterocycles. The van der Waals surface area contributed by atoms with Crippen molar-refractivity contribution in [1.82, 2.24) is 10.0 Å². The van der Waals surface area contributed by atoms with E-state index in [9.17, 15) is 18.3 Å². The van der Waals surface area contributed by atoms with Gasteiger partial charge in [0.25, 0.3) is 0 Å². The van der Waals surface area contributed by atoms with Gasteiger partial charge in [-0.2, -0.15) is 0 Å². The van der Waals surface area contributed by atoms with Crippen LogP contribution in [0.15, 0.2) is 48.5 Å². The topological polar surface area (TPSA) is 95.5 Å². The molecule has 2 aromatic rings. The second kappa shape index (κ2) is 8.78. The molecule has 2 aliphatic rings. The quantitative estimate of drug-likeness (QED) is 0.628. The maximum Gasteiger partial charge on any atom is 0.404 e. The van der Waals surface area contributed by atoms with Crippen molar-refractivity contribution in [3.63, 3.8) is 0 Å². The Balaban J connectivity index is 1.58. The lowest BCUT2D eigenvalue weighted by atomic mass is 9.75. The van der Waals surface area contributed by atoms with Crippen molar-refractivity contribution in [1.29, 1.82) is 0 Å². The average molecular weight is 429 g/mol. The number of benzene rings is 2. The number of carboxylic acid groups (broad SMARTS) is 1. The molecule has 0 bridgehead atoms. The maximum absolute atomic E-state index is 12.4. The zero-order chi connectivity index (χ0) is 21.1. The van der Waals surface area contributed by atoms with Crippen LogP contribution in [0.5, 0.6) is 0 Å². The van der Waals surface area contributed by atoms with Gasteiger partial charge in [0.1, 0.15) is 0 Å². The lowest BCUT2D eigenvalue weighted by molar-refractivity contribution is 0.185. The summed E-state index contributed by atoms with van der Waals surface area (Å²) in [5.74, 6) is 0.00967. The Morgan fingerprint density at radius 2 is 1.80 bits per heavy atom. The van der Waals surface area contributed by atoms with E-state index in [-0.39, 0.29) is 23.8 Å². The molecule has 4 rings (SSSR count). The number of sulfonamides is 1.